The number of aromatic amines is 1. The number of carbonyl (C=O) groups is 2. The molecule has 0 fully saturated rings. The summed E-state index contributed by atoms with van der Waals surface area (Å²) in [5, 5.41) is 18.1. The van der Waals surface area contributed by atoms with Gasteiger partial charge in [0, 0.05) is 43.7 Å². The molecule has 0 aliphatic rings. The van der Waals surface area contributed by atoms with Crippen molar-refractivity contribution in [1.29, 1.82) is 0 Å². The molecule has 0 saturated carbocycles. The second kappa shape index (κ2) is 6.55. The first-order chi connectivity index (χ1) is 10.0. The average Bonchev–Trinajstić information content (AvgIpc) is 3.07. The predicted octanol–water partition coefficient (Wildman–Crippen LogP) is -0.362. The number of aryl methyl sites for hydroxylation is 1. The SMILES string of the molecule is Cn1cc(CNC(=O)N[C@H](Cc2cnc[nH]2)C(=O)O)cn1. The van der Waals surface area contributed by atoms with Crippen LogP contribution in [0.5, 0.6) is 0 Å². The largest absolute Gasteiger partial charge is 0.480 e. The molecule has 0 aliphatic carbocycles. The first kappa shape index (κ1) is 14.6. The number of H-pyrrole nitrogens is 1. The average molecular weight is 292 g/mol. The number of imidazole rings is 1. The van der Waals surface area contributed by atoms with Gasteiger partial charge in [-0.2, -0.15) is 5.10 Å². The van der Waals surface area contributed by atoms with Crippen molar-refractivity contribution in [1.82, 2.24) is 30.4 Å². The van der Waals surface area contributed by atoms with E-state index in [1.54, 1.807) is 24.1 Å². The Labute approximate surface area is 120 Å². The summed E-state index contributed by atoms with van der Waals surface area (Å²) in [6.45, 7) is 0.274. The molecule has 0 aromatic carbocycles. The van der Waals surface area contributed by atoms with Crippen LogP contribution in [0.15, 0.2) is 24.9 Å². The van der Waals surface area contributed by atoms with Gasteiger partial charge in [-0.3, -0.25) is 4.68 Å². The Balaban J connectivity index is 1.84. The molecule has 2 aromatic rings. The molecular weight excluding hydrogens is 276 g/mol. The molecule has 0 bridgehead atoms. The Kier molecular flexibility index (Phi) is 4.54. The van der Waals surface area contributed by atoms with Crippen molar-refractivity contribution in [3.05, 3.63) is 36.2 Å². The third kappa shape index (κ3) is 4.34. The molecule has 21 heavy (non-hydrogen) atoms. The number of aromatic nitrogens is 4. The van der Waals surface area contributed by atoms with E-state index in [1.165, 1.54) is 12.5 Å². The molecule has 9 heteroatoms. The third-order valence-corrected chi connectivity index (χ3v) is 2.79. The fourth-order valence-electron chi connectivity index (χ4n) is 1.77. The Morgan fingerprint density at radius 2 is 2.29 bits per heavy atom. The second-order valence-electron chi connectivity index (χ2n) is 4.52. The fourth-order valence-corrected chi connectivity index (χ4v) is 1.77. The Morgan fingerprint density at radius 3 is 2.86 bits per heavy atom. The first-order valence-corrected chi connectivity index (χ1v) is 6.26. The van der Waals surface area contributed by atoms with Crippen molar-refractivity contribution < 1.29 is 14.7 Å². The zero-order chi connectivity index (χ0) is 15.2. The Bertz CT molecular complexity index is 606. The summed E-state index contributed by atoms with van der Waals surface area (Å²) >= 11 is 0. The number of hydrogen-bond acceptors (Lipinski definition) is 4. The number of urea groups is 1. The molecule has 4 N–H and O–H groups in total. The maximum atomic E-state index is 11.7. The minimum absolute atomic E-state index is 0.135. The highest BCUT2D eigenvalue weighted by molar-refractivity contribution is 5.82. The minimum Gasteiger partial charge on any atom is -0.480 e. The lowest BCUT2D eigenvalue weighted by Crippen LogP contribution is -2.46. The molecule has 2 aromatic heterocycles. The number of aliphatic carboxylic acids is 1. The van der Waals surface area contributed by atoms with Crippen molar-refractivity contribution in [3.8, 4) is 0 Å². The number of hydrogen-bond donors (Lipinski definition) is 4. The van der Waals surface area contributed by atoms with Crippen molar-refractivity contribution in [2.75, 3.05) is 0 Å². The van der Waals surface area contributed by atoms with E-state index in [9.17, 15) is 9.59 Å². The summed E-state index contributed by atoms with van der Waals surface area (Å²) in [6, 6.07) is -1.58. The summed E-state index contributed by atoms with van der Waals surface area (Å²) < 4.78 is 1.62. The quantitative estimate of drug-likeness (QED) is 0.578. The van der Waals surface area contributed by atoms with Gasteiger partial charge in [0.1, 0.15) is 6.04 Å². The lowest BCUT2D eigenvalue weighted by atomic mass is 10.2. The maximum Gasteiger partial charge on any atom is 0.326 e. The summed E-state index contributed by atoms with van der Waals surface area (Å²) in [5.41, 5.74) is 1.46. The number of nitrogens with one attached hydrogen (secondary N) is 3. The van der Waals surface area contributed by atoms with Crippen LogP contribution >= 0.6 is 0 Å². The van der Waals surface area contributed by atoms with Crippen LogP contribution in [0.1, 0.15) is 11.3 Å². The van der Waals surface area contributed by atoms with Crippen LogP contribution in [0.4, 0.5) is 4.79 Å². The topological polar surface area (TPSA) is 125 Å². The van der Waals surface area contributed by atoms with Crippen LogP contribution in [0.2, 0.25) is 0 Å². The molecule has 2 amide bonds. The summed E-state index contributed by atoms with van der Waals surface area (Å²) in [6.07, 6.45) is 6.50. The molecule has 0 radical (unpaired) electrons. The molecule has 0 saturated heterocycles. The van der Waals surface area contributed by atoms with Crippen molar-refractivity contribution in [2.24, 2.45) is 7.05 Å². The predicted molar refractivity (Wildman–Crippen MR) is 72.3 cm³/mol. The van der Waals surface area contributed by atoms with Gasteiger partial charge in [-0.25, -0.2) is 14.6 Å². The molecule has 9 nitrogen and oxygen atoms in total. The van der Waals surface area contributed by atoms with Crippen molar-refractivity contribution in [3.63, 3.8) is 0 Å². The highest BCUT2D eigenvalue weighted by atomic mass is 16.4. The number of amides is 2. The number of carboxylic acid groups (broad SMARTS) is 1. The zero-order valence-electron chi connectivity index (χ0n) is 11.4. The van der Waals surface area contributed by atoms with E-state index in [2.05, 4.69) is 25.7 Å². The van der Waals surface area contributed by atoms with Gasteiger partial charge < -0.3 is 20.7 Å². The van der Waals surface area contributed by atoms with E-state index >= 15 is 0 Å². The van der Waals surface area contributed by atoms with Gasteiger partial charge in [0.2, 0.25) is 0 Å². The van der Waals surface area contributed by atoms with E-state index in [0.29, 0.717) is 5.69 Å². The van der Waals surface area contributed by atoms with E-state index in [-0.39, 0.29) is 13.0 Å². The second-order valence-corrected chi connectivity index (χ2v) is 4.52. The molecule has 1 atom stereocenters. The molecule has 2 heterocycles. The van der Waals surface area contributed by atoms with Gasteiger partial charge >= 0.3 is 12.0 Å². The van der Waals surface area contributed by atoms with Crippen LogP contribution in [0.25, 0.3) is 0 Å². The van der Waals surface area contributed by atoms with Gasteiger partial charge in [0.15, 0.2) is 0 Å². The summed E-state index contributed by atoms with van der Waals surface area (Å²) in [4.78, 5) is 29.5. The van der Waals surface area contributed by atoms with E-state index in [1.807, 2.05) is 0 Å². The summed E-state index contributed by atoms with van der Waals surface area (Å²) in [5.74, 6) is -1.11. The minimum atomic E-state index is -1.11. The van der Waals surface area contributed by atoms with Gasteiger partial charge in [-0.1, -0.05) is 0 Å². The van der Waals surface area contributed by atoms with Crippen LogP contribution < -0.4 is 10.6 Å². The van der Waals surface area contributed by atoms with Crippen molar-refractivity contribution >= 4 is 12.0 Å². The zero-order valence-corrected chi connectivity index (χ0v) is 11.4. The maximum absolute atomic E-state index is 11.7. The number of carboxylic acids is 1. The van der Waals surface area contributed by atoms with Crippen LogP contribution in [0, 0.1) is 0 Å². The lowest BCUT2D eigenvalue weighted by molar-refractivity contribution is -0.139. The molecular formula is C12H16N6O3. The first-order valence-electron chi connectivity index (χ1n) is 6.26. The fraction of sp³-hybridized carbons (Fsp3) is 0.333. The monoisotopic (exact) mass is 292 g/mol. The summed E-state index contributed by atoms with van der Waals surface area (Å²) in [7, 11) is 1.77. The smallest absolute Gasteiger partial charge is 0.326 e. The van der Waals surface area contributed by atoms with Gasteiger partial charge in [-0.05, 0) is 0 Å². The Morgan fingerprint density at radius 1 is 1.48 bits per heavy atom. The highest BCUT2D eigenvalue weighted by Gasteiger charge is 2.20. The molecule has 0 aliphatic heterocycles. The van der Waals surface area contributed by atoms with Gasteiger partial charge in [-0.15, -0.1) is 0 Å². The number of rotatable bonds is 6. The standard InChI is InChI=1S/C12H16N6O3/c1-18-6-8(4-16-18)3-14-12(21)17-10(11(19)20)2-9-5-13-7-15-9/h4-7,10H,2-3H2,1H3,(H,13,15)(H,19,20)(H2,14,17,21)/t10-/m1/s1. The number of nitrogens with zero attached hydrogens (tertiary/aromatic N) is 3. The normalized spacial score (nSPS) is 11.9. The molecule has 0 spiro atoms. The van der Waals surface area contributed by atoms with E-state index in [4.69, 9.17) is 5.11 Å². The molecule has 112 valence electrons. The van der Waals surface area contributed by atoms with Crippen LogP contribution in [-0.4, -0.2) is 42.9 Å². The number of carbonyl (C=O) groups excluding carboxylic acids is 1. The van der Waals surface area contributed by atoms with Gasteiger partial charge in [0.25, 0.3) is 0 Å². The lowest BCUT2D eigenvalue weighted by Gasteiger charge is -2.14. The van der Waals surface area contributed by atoms with Crippen LogP contribution in [0.3, 0.4) is 0 Å². The van der Waals surface area contributed by atoms with E-state index in [0.717, 1.165) is 5.56 Å². The van der Waals surface area contributed by atoms with Crippen LogP contribution in [-0.2, 0) is 24.8 Å². The molecule has 2 rings (SSSR count). The van der Waals surface area contributed by atoms with Crippen molar-refractivity contribution in [2.45, 2.75) is 19.0 Å². The Hall–Kier alpha value is -2.84. The van der Waals surface area contributed by atoms with Gasteiger partial charge in [0.05, 0.1) is 12.5 Å². The molecule has 0 unspecified atom stereocenters. The third-order valence-electron chi connectivity index (χ3n) is 2.79. The highest BCUT2D eigenvalue weighted by Crippen LogP contribution is 1.99. The van der Waals surface area contributed by atoms with E-state index < -0.39 is 18.0 Å².